The second-order valence-corrected chi connectivity index (χ2v) is 5.45. The average Bonchev–Trinajstić information content (AvgIpc) is 2.45. The van der Waals surface area contributed by atoms with Crippen molar-refractivity contribution >= 4 is 27.5 Å². The highest BCUT2D eigenvalue weighted by molar-refractivity contribution is 9.10. The van der Waals surface area contributed by atoms with Crippen LogP contribution in [0.4, 0.5) is 5.69 Å². The van der Waals surface area contributed by atoms with Gasteiger partial charge in [-0.25, -0.2) is 0 Å². The number of anilines is 1. The lowest BCUT2D eigenvalue weighted by molar-refractivity contribution is 0.102. The molecule has 2 aromatic rings. The maximum absolute atomic E-state index is 12.4. The highest BCUT2D eigenvalue weighted by Gasteiger charge is 2.14. The van der Waals surface area contributed by atoms with Crippen molar-refractivity contribution in [3.63, 3.8) is 0 Å². The molecule has 110 valence electrons. The molecule has 0 fully saturated rings. The van der Waals surface area contributed by atoms with Gasteiger partial charge in [-0.05, 0) is 48.9 Å². The minimum Gasteiger partial charge on any atom is -0.497 e. The standard InChI is InChI=1S/C16H16BrNO3/c1-10-6-11(17)8-12(7-10)18-16(19)14-9-13(20-2)4-5-15(14)21-3/h4-9H,1-3H3,(H,18,19). The minimum absolute atomic E-state index is 0.247. The number of rotatable bonds is 4. The number of nitrogens with one attached hydrogen (secondary N) is 1. The molecule has 0 spiro atoms. The van der Waals surface area contributed by atoms with Crippen LogP contribution in [-0.4, -0.2) is 20.1 Å². The molecule has 2 aromatic carbocycles. The summed E-state index contributed by atoms with van der Waals surface area (Å²) >= 11 is 3.41. The first-order valence-electron chi connectivity index (χ1n) is 6.34. The molecule has 0 saturated carbocycles. The molecule has 0 saturated heterocycles. The van der Waals surface area contributed by atoms with E-state index in [2.05, 4.69) is 21.2 Å². The summed E-state index contributed by atoms with van der Waals surface area (Å²) in [6, 6.07) is 10.8. The Morgan fingerprint density at radius 3 is 2.48 bits per heavy atom. The summed E-state index contributed by atoms with van der Waals surface area (Å²) in [5, 5.41) is 2.86. The lowest BCUT2D eigenvalue weighted by atomic mass is 10.1. The number of carbonyl (C=O) groups excluding carboxylic acids is 1. The predicted molar refractivity (Wildman–Crippen MR) is 86.4 cm³/mol. The summed E-state index contributed by atoms with van der Waals surface area (Å²) in [5.41, 5.74) is 2.20. The molecular formula is C16H16BrNO3. The molecule has 0 unspecified atom stereocenters. The van der Waals surface area contributed by atoms with E-state index >= 15 is 0 Å². The summed E-state index contributed by atoms with van der Waals surface area (Å²) in [5.74, 6) is 0.856. The first kappa shape index (κ1) is 15.4. The van der Waals surface area contributed by atoms with Crippen LogP contribution in [0.3, 0.4) is 0 Å². The molecule has 1 amide bonds. The summed E-state index contributed by atoms with van der Waals surface area (Å²) in [7, 11) is 3.09. The molecular weight excluding hydrogens is 334 g/mol. The zero-order valence-corrected chi connectivity index (χ0v) is 13.7. The van der Waals surface area contributed by atoms with E-state index in [-0.39, 0.29) is 5.91 Å². The van der Waals surface area contributed by atoms with Crippen molar-refractivity contribution < 1.29 is 14.3 Å². The maximum atomic E-state index is 12.4. The SMILES string of the molecule is COc1ccc(OC)c(C(=O)Nc2cc(C)cc(Br)c2)c1. The summed E-state index contributed by atoms with van der Waals surface area (Å²) < 4.78 is 11.3. The van der Waals surface area contributed by atoms with Crippen LogP contribution in [0.15, 0.2) is 40.9 Å². The third kappa shape index (κ3) is 3.76. The molecule has 2 rings (SSSR count). The normalized spacial score (nSPS) is 10.1. The fraction of sp³-hybridized carbons (Fsp3) is 0.188. The predicted octanol–water partition coefficient (Wildman–Crippen LogP) is 4.03. The third-order valence-electron chi connectivity index (χ3n) is 2.95. The van der Waals surface area contributed by atoms with Crippen LogP contribution >= 0.6 is 15.9 Å². The number of amides is 1. The molecule has 1 N–H and O–H groups in total. The van der Waals surface area contributed by atoms with Crippen molar-refractivity contribution in [2.24, 2.45) is 0 Å². The highest BCUT2D eigenvalue weighted by atomic mass is 79.9. The minimum atomic E-state index is -0.247. The summed E-state index contributed by atoms with van der Waals surface area (Å²) in [6.45, 7) is 1.96. The van der Waals surface area contributed by atoms with Crippen LogP contribution in [0, 0.1) is 6.92 Å². The largest absolute Gasteiger partial charge is 0.497 e. The first-order valence-corrected chi connectivity index (χ1v) is 7.13. The van der Waals surface area contributed by atoms with Crippen LogP contribution in [0.1, 0.15) is 15.9 Å². The molecule has 0 radical (unpaired) electrons. The number of aryl methyl sites for hydroxylation is 1. The Bertz CT molecular complexity index is 650. The van der Waals surface area contributed by atoms with Crippen LogP contribution in [0.25, 0.3) is 0 Å². The first-order chi connectivity index (χ1) is 10.0. The number of carbonyl (C=O) groups is 1. The van der Waals surface area contributed by atoms with E-state index in [0.29, 0.717) is 17.1 Å². The monoisotopic (exact) mass is 349 g/mol. The summed E-state index contributed by atoms with van der Waals surface area (Å²) in [4.78, 5) is 12.4. The number of hydrogen-bond donors (Lipinski definition) is 1. The van der Waals surface area contributed by atoms with Crippen molar-refractivity contribution in [1.29, 1.82) is 0 Å². The van der Waals surface area contributed by atoms with Gasteiger partial charge in [-0.1, -0.05) is 15.9 Å². The Labute approximate surface area is 132 Å². The van der Waals surface area contributed by atoms with Crippen LogP contribution in [-0.2, 0) is 0 Å². The van der Waals surface area contributed by atoms with Crippen LogP contribution in [0.5, 0.6) is 11.5 Å². The molecule has 0 aliphatic carbocycles. The van der Waals surface area contributed by atoms with Crippen molar-refractivity contribution in [1.82, 2.24) is 0 Å². The van der Waals surface area contributed by atoms with E-state index < -0.39 is 0 Å². The van der Waals surface area contributed by atoms with E-state index in [1.54, 1.807) is 25.3 Å². The zero-order valence-electron chi connectivity index (χ0n) is 12.1. The molecule has 0 bridgehead atoms. The fourth-order valence-electron chi connectivity index (χ4n) is 2.00. The van der Waals surface area contributed by atoms with Gasteiger partial charge in [0.05, 0.1) is 19.8 Å². The Kier molecular flexibility index (Phi) is 4.85. The van der Waals surface area contributed by atoms with Gasteiger partial charge in [-0.2, -0.15) is 0 Å². The number of hydrogen-bond acceptors (Lipinski definition) is 3. The maximum Gasteiger partial charge on any atom is 0.259 e. The molecule has 0 atom stereocenters. The van der Waals surface area contributed by atoms with Gasteiger partial charge >= 0.3 is 0 Å². The number of ether oxygens (including phenoxy) is 2. The van der Waals surface area contributed by atoms with Gasteiger partial charge in [0.25, 0.3) is 5.91 Å². The lowest BCUT2D eigenvalue weighted by Crippen LogP contribution is -2.13. The van der Waals surface area contributed by atoms with E-state index in [1.807, 2.05) is 25.1 Å². The molecule has 0 aliphatic heterocycles. The molecule has 0 heterocycles. The molecule has 4 nitrogen and oxygen atoms in total. The fourth-order valence-corrected chi connectivity index (χ4v) is 2.61. The number of benzene rings is 2. The third-order valence-corrected chi connectivity index (χ3v) is 3.41. The van der Waals surface area contributed by atoms with Gasteiger partial charge < -0.3 is 14.8 Å². The topological polar surface area (TPSA) is 47.6 Å². The van der Waals surface area contributed by atoms with Gasteiger partial charge in [0, 0.05) is 10.2 Å². The number of halogens is 1. The molecule has 0 aliphatic rings. The van der Waals surface area contributed by atoms with Crippen molar-refractivity contribution in [2.75, 3.05) is 19.5 Å². The second kappa shape index (κ2) is 6.63. The highest BCUT2D eigenvalue weighted by Crippen LogP contribution is 2.26. The second-order valence-electron chi connectivity index (χ2n) is 4.54. The molecule has 21 heavy (non-hydrogen) atoms. The Morgan fingerprint density at radius 2 is 1.86 bits per heavy atom. The smallest absolute Gasteiger partial charge is 0.259 e. The van der Waals surface area contributed by atoms with Gasteiger partial charge in [0.15, 0.2) is 0 Å². The Balaban J connectivity index is 2.31. The zero-order chi connectivity index (χ0) is 15.4. The van der Waals surface area contributed by atoms with E-state index in [1.165, 1.54) is 7.11 Å². The van der Waals surface area contributed by atoms with E-state index in [4.69, 9.17) is 9.47 Å². The van der Waals surface area contributed by atoms with E-state index in [9.17, 15) is 4.79 Å². The van der Waals surface area contributed by atoms with Gasteiger partial charge in [0.2, 0.25) is 0 Å². The molecule has 0 aromatic heterocycles. The Morgan fingerprint density at radius 1 is 1.10 bits per heavy atom. The van der Waals surface area contributed by atoms with Gasteiger partial charge in [0.1, 0.15) is 11.5 Å². The van der Waals surface area contributed by atoms with Crippen LogP contribution in [0.2, 0.25) is 0 Å². The lowest BCUT2D eigenvalue weighted by Gasteiger charge is -2.11. The van der Waals surface area contributed by atoms with Crippen molar-refractivity contribution in [2.45, 2.75) is 6.92 Å². The van der Waals surface area contributed by atoms with E-state index in [0.717, 1.165) is 15.7 Å². The Hall–Kier alpha value is -2.01. The summed E-state index contributed by atoms with van der Waals surface area (Å²) in [6.07, 6.45) is 0. The van der Waals surface area contributed by atoms with Crippen molar-refractivity contribution in [3.8, 4) is 11.5 Å². The average molecular weight is 350 g/mol. The van der Waals surface area contributed by atoms with Crippen molar-refractivity contribution in [3.05, 3.63) is 52.0 Å². The quantitative estimate of drug-likeness (QED) is 0.906. The number of methoxy groups -OCH3 is 2. The van der Waals surface area contributed by atoms with Gasteiger partial charge in [-0.3, -0.25) is 4.79 Å². The van der Waals surface area contributed by atoms with Crippen LogP contribution < -0.4 is 14.8 Å². The van der Waals surface area contributed by atoms with Gasteiger partial charge in [-0.15, -0.1) is 0 Å². The molecule has 5 heteroatoms.